The van der Waals surface area contributed by atoms with Crippen LogP contribution in [0.2, 0.25) is 0 Å². The number of ether oxygens (including phenoxy) is 1. The van der Waals surface area contributed by atoms with Crippen molar-refractivity contribution in [2.75, 3.05) is 12.8 Å². The minimum atomic E-state index is -0.487. The van der Waals surface area contributed by atoms with Crippen molar-refractivity contribution in [1.82, 2.24) is 24.6 Å². The van der Waals surface area contributed by atoms with Crippen LogP contribution < -0.4 is 5.73 Å². The first-order valence-corrected chi connectivity index (χ1v) is 8.16. The van der Waals surface area contributed by atoms with Gasteiger partial charge in [0.05, 0.1) is 13.3 Å². The van der Waals surface area contributed by atoms with Crippen molar-refractivity contribution in [3.05, 3.63) is 59.2 Å². The van der Waals surface area contributed by atoms with E-state index in [1.807, 2.05) is 19.1 Å². The van der Waals surface area contributed by atoms with Gasteiger partial charge in [0.25, 0.3) is 0 Å². The number of aryl methyl sites for hydroxylation is 1. The number of rotatable bonds is 4. The van der Waals surface area contributed by atoms with Gasteiger partial charge in [-0.1, -0.05) is 6.07 Å². The zero-order valence-corrected chi connectivity index (χ0v) is 14.7. The van der Waals surface area contributed by atoms with E-state index in [0.717, 1.165) is 11.3 Å². The van der Waals surface area contributed by atoms with E-state index in [4.69, 9.17) is 14.9 Å². The second kappa shape index (κ2) is 6.52. The number of hydrogen-bond donors (Lipinski definition) is 1. The molecule has 4 heterocycles. The second-order valence-corrected chi connectivity index (χ2v) is 5.90. The highest BCUT2D eigenvalue weighted by Crippen LogP contribution is 2.23. The van der Waals surface area contributed by atoms with Crippen molar-refractivity contribution in [3.8, 4) is 11.6 Å². The highest BCUT2D eigenvalue weighted by molar-refractivity contribution is 5.87. The molecular formula is C18H16N6O3. The summed E-state index contributed by atoms with van der Waals surface area (Å²) >= 11 is 0. The predicted octanol–water partition coefficient (Wildman–Crippen LogP) is 2.05. The van der Waals surface area contributed by atoms with E-state index < -0.39 is 5.97 Å². The molecule has 4 aromatic rings. The molecule has 0 fully saturated rings. The summed E-state index contributed by atoms with van der Waals surface area (Å²) in [7, 11) is 1.32. The first-order valence-electron chi connectivity index (χ1n) is 8.16. The molecule has 136 valence electrons. The van der Waals surface area contributed by atoms with E-state index in [2.05, 4.69) is 20.1 Å². The molecule has 0 aliphatic carbocycles. The summed E-state index contributed by atoms with van der Waals surface area (Å²) in [6.07, 6.45) is 2.09. The second-order valence-electron chi connectivity index (χ2n) is 5.90. The summed E-state index contributed by atoms with van der Waals surface area (Å²) in [4.78, 5) is 24.6. The van der Waals surface area contributed by atoms with Crippen molar-refractivity contribution >= 4 is 17.6 Å². The SMILES string of the molecule is COC(=O)c1cccc(Cc2cnn3c(-c4ccc(C)o4)nc(N)nc23)n1. The van der Waals surface area contributed by atoms with Crippen LogP contribution in [0.4, 0.5) is 5.95 Å². The number of pyridine rings is 1. The molecule has 4 aromatic heterocycles. The number of carbonyl (C=O) groups is 1. The third-order valence-electron chi connectivity index (χ3n) is 3.99. The average Bonchev–Trinajstić information content (AvgIpc) is 3.27. The molecule has 0 spiro atoms. The van der Waals surface area contributed by atoms with Crippen LogP contribution in [0, 0.1) is 6.92 Å². The van der Waals surface area contributed by atoms with Gasteiger partial charge in [-0.25, -0.2) is 9.78 Å². The van der Waals surface area contributed by atoms with Gasteiger partial charge >= 0.3 is 5.97 Å². The largest absolute Gasteiger partial charge is 0.464 e. The smallest absolute Gasteiger partial charge is 0.356 e. The zero-order valence-electron chi connectivity index (χ0n) is 14.7. The van der Waals surface area contributed by atoms with Crippen LogP contribution in [0.25, 0.3) is 17.2 Å². The van der Waals surface area contributed by atoms with Gasteiger partial charge in [0.15, 0.2) is 11.4 Å². The van der Waals surface area contributed by atoms with Gasteiger partial charge in [-0.15, -0.1) is 0 Å². The number of hydrogen-bond acceptors (Lipinski definition) is 8. The van der Waals surface area contributed by atoms with Gasteiger partial charge in [-0.05, 0) is 31.2 Å². The summed E-state index contributed by atoms with van der Waals surface area (Å²) < 4.78 is 11.9. The van der Waals surface area contributed by atoms with Crippen LogP contribution >= 0.6 is 0 Å². The highest BCUT2D eigenvalue weighted by atomic mass is 16.5. The number of anilines is 1. The minimum Gasteiger partial charge on any atom is -0.464 e. The Morgan fingerprint density at radius 2 is 2.07 bits per heavy atom. The lowest BCUT2D eigenvalue weighted by atomic mass is 10.1. The normalized spacial score (nSPS) is 11.0. The molecule has 9 heteroatoms. The molecule has 0 bridgehead atoms. The van der Waals surface area contributed by atoms with Crippen LogP contribution in [-0.2, 0) is 11.2 Å². The number of fused-ring (bicyclic) bond motifs is 1. The Morgan fingerprint density at radius 1 is 1.22 bits per heavy atom. The monoisotopic (exact) mass is 364 g/mol. The van der Waals surface area contributed by atoms with Crippen LogP contribution in [0.15, 0.2) is 40.9 Å². The van der Waals surface area contributed by atoms with Crippen molar-refractivity contribution in [3.63, 3.8) is 0 Å². The number of nitrogens with zero attached hydrogens (tertiary/aromatic N) is 5. The molecular weight excluding hydrogens is 348 g/mol. The number of aromatic nitrogens is 5. The fraction of sp³-hybridized carbons (Fsp3) is 0.167. The van der Waals surface area contributed by atoms with Gasteiger partial charge in [0.1, 0.15) is 11.5 Å². The minimum absolute atomic E-state index is 0.115. The van der Waals surface area contributed by atoms with Crippen LogP contribution in [0.1, 0.15) is 27.5 Å². The summed E-state index contributed by atoms with van der Waals surface area (Å²) in [6, 6.07) is 8.81. The molecule has 0 aromatic carbocycles. The summed E-state index contributed by atoms with van der Waals surface area (Å²) in [6.45, 7) is 1.85. The van der Waals surface area contributed by atoms with Crippen LogP contribution in [0.3, 0.4) is 0 Å². The van der Waals surface area contributed by atoms with E-state index >= 15 is 0 Å². The predicted molar refractivity (Wildman–Crippen MR) is 96.0 cm³/mol. The maximum atomic E-state index is 11.7. The fourth-order valence-electron chi connectivity index (χ4n) is 2.77. The van der Waals surface area contributed by atoms with Crippen molar-refractivity contribution in [2.45, 2.75) is 13.3 Å². The Balaban J connectivity index is 1.76. The van der Waals surface area contributed by atoms with Crippen molar-refractivity contribution in [2.24, 2.45) is 0 Å². The quantitative estimate of drug-likeness (QED) is 0.546. The standard InChI is InChI=1S/C18H16N6O3/c1-10-6-7-14(27-10)16-23-18(19)22-15-11(9-20-24(15)16)8-12-4-3-5-13(21-12)17(25)26-2/h3-7,9H,8H2,1-2H3,(H2,19,22). The molecule has 2 N–H and O–H groups in total. The fourth-order valence-corrected chi connectivity index (χ4v) is 2.77. The Bertz CT molecular complexity index is 1150. The number of carbonyl (C=O) groups excluding carboxylic acids is 1. The third kappa shape index (κ3) is 3.10. The molecule has 0 aliphatic heterocycles. The third-order valence-corrected chi connectivity index (χ3v) is 3.99. The molecule has 27 heavy (non-hydrogen) atoms. The number of methoxy groups -OCH3 is 1. The molecule has 0 atom stereocenters. The highest BCUT2D eigenvalue weighted by Gasteiger charge is 2.17. The first kappa shape index (κ1) is 16.7. The van der Waals surface area contributed by atoms with Crippen LogP contribution in [-0.4, -0.2) is 37.6 Å². The topological polar surface area (TPSA) is 121 Å². The van der Waals surface area contributed by atoms with E-state index in [1.165, 1.54) is 7.11 Å². The molecule has 9 nitrogen and oxygen atoms in total. The van der Waals surface area contributed by atoms with E-state index in [1.54, 1.807) is 28.9 Å². The Hall–Kier alpha value is -3.75. The average molecular weight is 364 g/mol. The van der Waals surface area contributed by atoms with Crippen LogP contribution in [0.5, 0.6) is 0 Å². The summed E-state index contributed by atoms with van der Waals surface area (Å²) in [5.74, 6) is 1.40. The van der Waals surface area contributed by atoms with Gasteiger partial charge < -0.3 is 14.9 Å². The van der Waals surface area contributed by atoms with Crippen molar-refractivity contribution in [1.29, 1.82) is 0 Å². The molecule has 0 unspecified atom stereocenters. The molecule has 0 saturated heterocycles. The van der Waals surface area contributed by atoms with Crippen molar-refractivity contribution < 1.29 is 13.9 Å². The molecule has 0 aliphatic rings. The summed E-state index contributed by atoms with van der Waals surface area (Å²) in [5.41, 5.74) is 8.16. The number of nitrogen functional groups attached to an aromatic ring is 1. The molecule has 0 radical (unpaired) electrons. The summed E-state index contributed by atoms with van der Waals surface area (Å²) in [5, 5.41) is 4.37. The first-order chi connectivity index (χ1) is 13.0. The Labute approximate surface area is 153 Å². The Morgan fingerprint density at radius 3 is 2.81 bits per heavy atom. The lowest BCUT2D eigenvalue weighted by Crippen LogP contribution is -2.07. The lowest BCUT2D eigenvalue weighted by Gasteiger charge is -2.04. The van der Waals surface area contributed by atoms with Gasteiger partial charge in [-0.3, -0.25) is 0 Å². The Kier molecular flexibility index (Phi) is 4.03. The number of nitrogens with two attached hydrogens (primary N) is 1. The van der Waals surface area contributed by atoms with Gasteiger partial charge in [0, 0.05) is 17.7 Å². The van der Waals surface area contributed by atoms with E-state index in [-0.39, 0.29) is 11.6 Å². The van der Waals surface area contributed by atoms with Gasteiger partial charge in [-0.2, -0.15) is 19.6 Å². The molecule has 0 amide bonds. The maximum Gasteiger partial charge on any atom is 0.356 e. The molecule has 4 rings (SSSR count). The van der Waals surface area contributed by atoms with Gasteiger partial charge in [0.2, 0.25) is 11.8 Å². The van der Waals surface area contributed by atoms with E-state index in [0.29, 0.717) is 29.3 Å². The van der Waals surface area contributed by atoms with E-state index in [9.17, 15) is 4.79 Å². The molecule has 0 saturated carbocycles. The maximum absolute atomic E-state index is 11.7. The number of furan rings is 1. The lowest BCUT2D eigenvalue weighted by molar-refractivity contribution is 0.0593. The zero-order chi connectivity index (χ0) is 19.0. The number of esters is 1.